The predicted octanol–water partition coefficient (Wildman–Crippen LogP) is 3.93. The number of piperidine rings is 1. The Morgan fingerprint density at radius 3 is 2.76 bits per heavy atom. The van der Waals surface area contributed by atoms with Gasteiger partial charge in [-0.25, -0.2) is 9.67 Å². The topological polar surface area (TPSA) is 82.0 Å². The molecular weight excluding hydrogens is 516 g/mol. The molecule has 2 aromatic heterocycles. The summed E-state index contributed by atoms with van der Waals surface area (Å²) >= 11 is 3.62. The highest BCUT2D eigenvalue weighted by Gasteiger charge is 2.24. The Morgan fingerprint density at radius 2 is 2.00 bits per heavy atom. The van der Waals surface area contributed by atoms with E-state index in [1.165, 1.54) is 4.68 Å². The molecule has 7 nitrogen and oxygen atoms in total. The number of nitrogens with two attached hydrogens (primary N) is 1. The maximum absolute atomic E-state index is 13.6. The minimum absolute atomic E-state index is 0. The lowest BCUT2D eigenvalue weighted by Crippen LogP contribution is -2.44. The van der Waals surface area contributed by atoms with Gasteiger partial charge in [0, 0.05) is 23.6 Å². The molecule has 4 aromatic rings. The molecule has 0 amide bonds. The van der Waals surface area contributed by atoms with Crippen LogP contribution in [0.3, 0.4) is 0 Å². The van der Waals surface area contributed by atoms with Gasteiger partial charge in [-0.2, -0.15) is 5.10 Å². The maximum atomic E-state index is 13.6. The van der Waals surface area contributed by atoms with E-state index in [9.17, 15) is 4.79 Å². The Hall–Kier alpha value is -2.86. The molecule has 5 rings (SSSR count). The number of imidazole rings is 1. The van der Waals surface area contributed by atoms with Gasteiger partial charge in [0.25, 0.3) is 5.56 Å². The first-order chi connectivity index (χ1) is 16.1. The number of aromatic nitrogens is 4. The molecule has 0 saturated carbocycles. The second-order valence-electron chi connectivity index (χ2n) is 8.37. The predicted molar refractivity (Wildman–Crippen MR) is 143 cm³/mol. The van der Waals surface area contributed by atoms with Crippen LogP contribution in [0.2, 0.25) is 0 Å². The molecule has 2 N–H and O–H groups in total. The normalized spacial score (nSPS) is 15.7. The van der Waals surface area contributed by atoms with E-state index in [0.29, 0.717) is 24.1 Å². The molecule has 1 aliphatic heterocycles. The van der Waals surface area contributed by atoms with Crippen LogP contribution in [0.5, 0.6) is 0 Å². The van der Waals surface area contributed by atoms with Crippen molar-refractivity contribution in [2.24, 2.45) is 5.73 Å². The summed E-state index contributed by atoms with van der Waals surface area (Å²) in [6.07, 6.45) is 3.69. The highest BCUT2D eigenvalue weighted by molar-refractivity contribution is 9.10. The van der Waals surface area contributed by atoms with Gasteiger partial charge in [-0.3, -0.25) is 9.36 Å². The van der Waals surface area contributed by atoms with Crippen molar-refractivity contribution >= 4 is 56.1 Å². The van der Waals surface area contributed by atoms with Gasteiger partial charge in [0.05, 0.1) is 19.3 Å². The van der Waals surface area contributed by atoms with Crippen LogP contribution in [0.4, 0.5) is 5.95 Å². The third-order valence-electron chi connectivity index (χ3n) is 6.17. The highest BCUT2D eigenvalue weighted by atomic mass is 79.9. The fraction of sp³-hybridized carbons (Fsp3) is 0.320. The summed E-state index contributed by atoms with van der Waals surface area (Å²) in [7, 11) is 0. The summed E-state index contributed by atoms with van der Waals surface area (Å²) in [5, 5.41) is 6.66. The van der Waals surface area contributed by atoms with Crippen molar-refractivity contribution in [3.63, 3.8) is 0 Å². The van der Waals surface area contributed by atoms with Crippen LogP contribution in [0.15, 0.2) is 51.9 Å². The number of rotatable bonds is 4. The third kappa shape index (κ3) is 4.43. The highest BCUT2D eigenvalue weighted by Crippen LogP contribution is 2.27. The molecule has 0 radical (unpaired) electrons. The molecule has 0 spiro atoms. The van der Waals surface area contributed by atoms with Crippen molar-refractivity contribution in [1.29, 1.82) is 0 Å². The van der Waals surface area contributed by atoms with Gasteiger partial charge in [0.2, 0.25) is 5.95 Å². The molecule has 176 valence electrons. The molecule has 1 aliphatic rings. The van der Waals surface area contributed by atoms with Crippen LogP contribution in [-0.2, 0) is 13.1 Å². The Balaban J connectivity index is 0.00000274. The van der Waals surface area contributed by atoms with Crippen LogP contribution in [0.25, 0.3) is 21.8 Å². The largest absolute Gasteiger partial charge is 0.341 e. The van der Waals surface area contributed by atoms with E-state index in [1.807, 2.05) is 28.8 Å². The molecule has 1 fully saturated rings. The first kappa shape index (κ1) is 24.3. The lowest BCUT2D eigenvalue weighted by atomic mass is 10.0. The van der Waals surface area contributed by atoms with Crippen molar-refractivity contribution in [2.45, 2.75) is 38.9 Å². The van der Waals surface area contributed by atoms with Gasteiger partial charge in [0.15, 0.2) is 0 Å². The zero-order valence-corrected chi connectivity index (χ0v) is 21.3. The zero-order valence-electron chi connectivity index (χ0n) is 18.9. The Labute approximate surface area is 212 Å². The summed E-state index contributed by atoms with van der Waals surface area (Å²) < 4.78 is 4.46. The second-order valence-corrected chi connectivity index (χ2v) is 9.22. The van der Waals surface area contributed by atoms with Crippen LogP contribution in [0.1, 0.15) is 25.3 Å². The van der Waals surface area contributed by atoms with Gasteiger partial charge >= 0.3 is 0 Å². The molecule has 3 heterocycles. The van der Waals surface area contributed by atoms with Gasteiger partial charge in [-0.15, -0.1) is 18.3 Å². The average Bonchev–Trinajstić information content (AvgIpc) is 3.20. The number of anilines is 1. The van der Waals surface area contributed by atoms with Crippen LogP contribution < -0.4 is 16.2 Å². The SMILES string of the molecule is CC#CCn1c(N2CCCC(N)C2)nc2cnn(Cc3ccc(Br)c4ccccc34)c(=O)c21.Cl. The molecule has 2 aromatic carbocycles. The molecule has 1 unspecified atom stereocenters. The van der Waals surface area contributed by atoms with Crippen LogP contribution in [-0.4, -0.2) is 38.5 Å². The summed E-state index contributed by atoms with van der Waals surface area (Å²) in [5.41, 5.74) is 8.20. The number of halogens is 2. The fourth-order valence-electron chi connectivity index (χ4n) is 4.55. The lowest BCUT2D eigenvalue weighted by Gasteiger charge is -2.31. The third-order valence-corrected chi connectivity index (χ3v) is 6.86. The number of hydrogen-bond donors (Lipinski definition) is 1. The summed E-state index contributed by atoms with van der Waals surface area (Å²) in [6.45, 7) is 4.15. The Bertz CT molecular complexity index is 1470. The van der Waals surface area contributed by atoms with Gasteiger partial charge < -0.3 is 10.6 Å². The summed E-state index contributed by atoms with van der Waals surface area (Å²) in [4.78, 5) is 20.6. The molecular formula is C25H26BrClN6O. The van der Waals surface area contributed by atoms with E-state index < -0.39 is 0 Å². The smallest absolute Gasteiger partial charge is 0.293 e. The van der Waals surface area contributed by atoms with Crippen molar-refractivity contribution in [1.82, 2.24) is 19.3 Å². The van der Waals surface area contributed by atoms with Gasteiger partial charge in [0.1, 0.15) is 11.0 Å². The minimum Gasteiger partial charge on any atom is -0.341 e. The van der Waals surface area contributed by atoms with Crippen LogP contribution in [0, 0.1) is 11.8 Å². The van der Waals surface area contributed by atoms with E-state index in [-0.39, 0.29) is 24.0 Å². The standard InChI is InChI=1S/C25H25BrN6O.ClH/c1-2-3-13-31-23-22(29-25(31)30-12-6-7-18(27)16-30)14-28-32(24(23)33)15-17-10-11-21(26)20-9-5-4-8-19(17)20;/h4-5,8-11,14,18H,6-7,12-13,15-16,27H2,1H3;1H. The zero-order chi connectivity index (χ0) is 22.9. The van der Waals surface area contributed by atoms with E-state index in [2.05, 4.69) is 49.9 Å². The summed E-state index contributed by atoms with van der Waals surface area (Å²) in [5.74, 6) is 6.78. The number of benzene rings is 2. The van der Waals surface area contributed by atoms with Crippen molar-refractivity contribution < 1.29 is 0 Å². The first-order valence-electron chi connectivity index (χ1n) is 11.1. The molecule has 9 heteroatoms. The van der Waals surface area contributed by atoms with E-state index in [4.69, 9.17) is 10.7 Å². The lowest BCUT2D eigenvalue weighted by molar-refractivity contribution is 0.496. The molecule has 1 atom stereocenters. The van der Waals surface area contributed by atoms with Gasteiger partial charge in [-0.1, -0.05) is 52.2 Å². The quantitative estimate of drug-likeness (QED) is 0.396. The van der Waals surface area contributed by atoms with Crippen molar-refractivity contribution in [2.75, 3.05) is 18.0 Å². The summed E-state index contributed by atoms with van der Waals surface area (Å²) in [6, 6.07) is 12.3. The molecule has 0 aliphatic carbocycles. The van der Waals surface area contributed by atoms with E-state index >= 15 is 0 Å². The number of nitrogens with zero attached hydrogens (tertiary/aromatic N) is 5. The Kier molecular flexibility index (Phi) is 7.27. The van der Waals surface area contributed by atoms with Crippen LogP contribution >= 0.6 is 28.3 Å². The van der Waals surface area contributed by atoms with Crippen molar-refractivity contribution in [3.8, 4) is 11.8 Å². The first-order valence-corrected chi connectivity index (χ1v) is 11.9. The number of fused-ring (bicyclic) bond motifs is 2. The molecule has 34 heavy (non-hydrogen) atoms. The number of hydrogen-bond acceptors (Lipinski definition) is 5. The second kappa shape index (κ2) is 10.2. The van der Waals surface area contributed by atoms with E-state index in [0.717, 1.165) is 52.7 Å². The monoisotopic (exact) mass is 540 g/mol. The fourth-order valence-corrected chi connectivity index (χ4v) is 5.03. The molecule has 0 bridgehead atoms. The van der Waals surface area contributed by atoms with Crippen molar-refractivity contribution in [3.05, 3.63) is 63.0 Å². The Morgan fingerprint density at radius 1 is 1.21 bits per heavy atom. The minimum atomic E-state index is -0.169. The maximum Gasteiger partial charge on any atom is 0.293 e. The van der Waals surface area contributed by atoms with Gasteiger partial charge in [-0.05, 0) is 42.2 Å². The molecule has 1 saturated heterocycles. The average molecular weight is 542 g/mol. The van der Waals surface area contributed by atoms with E-state index in [1.54, 1.807) is 13.1 Å².